The van der Waals surface area contributed by atoms with Crippen molar-refractivity contribution >= 4 is 23.3 Å². The second-order valence-corrected chi connectivity index (χ2v) is 6.11. The van der Waals surface area contributed by atoms with Crippen molar-refractivity contribution in [1.82, 2.24) is 9.78 Å². The van der Waals surface area contributed by atoms with Gasteiger partial charge in [-0.3, -0.25) is 4.79 Å². The molecule has 1 heterocycles. The highest BCUT2D eigenvalue weighted by atomic mass is 35.5. The second kappa shape index (κ2) is 6.10. The fourth-order valence-electron chi connectivity index (χ4n) is 2.45. The van der Waals surface area contributed by atoms with Gasteiger partial charge in [-0.05, 0) is 24.5 Å². The molecule has 6 heteroatoms. The van der Waals surface area contributed by atoms with Crippen LogP contribution in [0, 0.1) is 11.8 Å². The topological polar surface area (TPSA) is 67.2 Å². The highest BCUT2D eigenvalue weighted by Gasteiger charge is 2.39. The van der Waals surface area contributed by atoms with E-state index in [1.807, 2.05) is 18.2 Å². The SMILES string of the molecule is CC1CC1C(=O)Nc1cc(-c2ccc(Cl)cc2)nn1CCO. The maximum absolute atomic E-state index is 12.1. The first kappa shape index (κ1) is 15.1. The van der Waals surface area contributed by atoms with Crippen molar-refractivity contribution in [3.8, 4) is 11.3 Å². The van der Waals surface area contributed by atoms with Crippen LogP contribution in [0.25, 0.3) is 11.3 Å². The number of aliphatic hydroxyl groups is 1. The van der Waals surface area contributed by atoms with Gasteiger partial charge in [0.25, 0.3) is 0 Å². The molecule has 0 spiro atoms. The third kappa shape index (κ3) is 3.15. The lowest BCUT2D eigenvalue weighted by molar-refractivity contribution is -0.117. The number of halogens is 1. The fraction of sp³-hybridized carbons (Fsp3) is 0.375. The number of benzene rings is 1. The van der Waals surface area contributed by atoms with Gasteiger partial charge >= 0.3 is 0 Å². The number of anilines is 1. The summed E-state index contributed by atoms with van der Waals surface area (Å²) < 4.78 is 1.62. The van der Waals surface area contributed by atoms with Crippen molar-refractivity contribution in [3.05, 3.63) is 35.4 Å². The first-order valence-corrected chi connectivity index (χ1v) is 7.72. The maximum atomic E-state index is 12.1. The van der Waals surface area contributed by atoms with Gasteiger partial charge in [-0.2, -0.15) is 5.10 Å². The van der Waals surface area contributed by atoms with E-state index in [2.05, 4.69) is 17.3 Å². The van der Waals surface area contributed by atoms with Crippen molar-refractivity contribution in [1.29, 1.82) is 0 Å². The van der Waals surface area contributed by atoms with Crippen LogP contribution >= 0.6 is 11.6 Å². The second-order valence-electron chi connectivity index (χ2n) is 5.68. The summed E-state index contributed by atoms with van der Waals surface area (Å²) in [7, 11) is 0. The number of carbonyl (C=O) groups is 1. The monoisotopic (exact) mass is 319 g/mol. The van der Waals surface area contributed by atoms with Gasteiger partial charge in [-0.1, -0.05) is 30.7 Å². The molecule has 1 amide bonds. The Hall–Kier alpha value is -1.85. The molecular formula is C16H18ClN3O2. The Bertz CT molecular complexity index is 681. The van der Waals surface area contributed by atoms with Gasteiger partial charge in [0.2, 0.25) is 5.91 Å². The molecule has 5 nitrogen and oxygen atoms in total. The lowest BCUT2D eigenvalue weighted by atomic mass is 10.1. The minimum Gasteiger partial charge on any atom is -0.394 e. The van der Waals surface area contributed by atoms with Crippen LogP contribution in [0.5, 0.6) is 0 Å². The van der Waals surface area contributed by atoms with Gasteiger partial charge in [0.1, 0.15) is 5.82 Å². The van der Waals surface area contributed by atoms with E-state index in [4.69, 9.17) is 16.7 Å². The van der Waals surface area contributed by atoms with Gasteiger partial charge in [0, 0.05) is 22.6 Å². The standard InChI is InChI=1S/C16H18ClN3O2/c1-10-8-13(10)16(22)18-15-9-14(19-20(15)6-7-21)11-2-4-12(17)5-3-11/h2-5,9-10,13,21H,6-8H2,1H3,(H,18,22). The molecule has 2 N–H and O–H groups in total. The molecule has 2 unspecified atom stereocenters. The minimum absolute atomic E-state index is 0.0224. The van der Waals surface area contributed by atoms with Crippen molar-refractivity contribution in [2.45, 2.75) is 19.9 Å². The first-order valence-electron chi connectivity index (χ1n) is 7.34. The summed E-state index contributed by atoms with van der Waals surface area (Å²) in [6.45, 7) is 2.36. The number of nitrogens with zero attached hydrogens (tertiary/aromatic N) is 2. The molecule has 2 aromatic rings. The molecule has 1 aromatic carbocycles. The number of nitrogens with one attached hydrogen (secondary N) is 1. The van der Waals surface area contributed by atoms with Crippen molar-refractivity contribution in [2.24, 2.45) is 11.8 Å². The van der Waals surface area contributed by atoms with Crippen LogP contribution in [0.1, 0.15) is 13.3 Å². The number of hydrogen-bond acceptors (Lipinski definition) is 3. The Labute approximate surface area is 133 Å². The Balaban J connectivity index is 1.85. The van der Waals surface area contributed by atoms with E-state index in [9.17, 15) is 4.79 Å². The van der Waals surface area contributed by atoms with E-state index >= 15 is 0 Å². The molecule has 0 bridgehead atoms. The summed E-state index contributed by atoms with van der Waals surface area (Å²) in [6, 6.07) is 9.17. The Morgan fingerprint density at radius 2 is 2.14 bits per heavy atom. The molecule has 116 valence electrons. The number of aromatic nitrogens is 2. The van der Waals surface area contributed by atoms with Crippen LogP contribution in [0.2, 0.25) is 5.02 Å². The number of amides is 1. The average Bonchev–Trinajstić information content (AvgIpc) is 3.10. The minimum atomic E-state index is -0.0373. The molecule has 22 heavy (non-hydrogen) atoms. The average molecular weight is 320 g/mol. The van der Waals surface area contributed by atoms with Crippen LogP contribution in [-0.4, -0.2) is 27.4 Å². The first-order chi connectivity index (χ1) is 10.6. The normalized spacial score (nSPS) is 20.0. The summed E-state index contributed by atoms with van der Waals surface area (Å²) in [4.78, 5) is 12.1. The quantitative estimate of drug-likeness (QED) is 0.890. The number of hydrogen-bond donors (Lipinski definition) is 2. The molecule has 2 atom stereocenters. The fourth-order valence-corrected chi connectivity index (χ4v) is 2.58. The largest absolute Gasteiger partial charge is 0.394 e. The third-order valence-electron chi connectivity index (χ3n) is 3.93. The maximum Gasteiger partial charge on any atom is 0.228 e. The molecule has 0 aliphatic heterocycles. The molecule has 1 fully saturated rings. The predicted molar refractivity (Wildman–Crippen MR) is 85.7 cm³/mol. The summed E-state index contributed by atoms with van der Waals surface area (Å²) in [5.74, 6) is 1.18. The molecule has 1 aliphatic carbocycles. The lowest BCUT2D eigenvalue weighted by Gasteiger charge is -2.06. The van der Waals surface area contributed by atoms with Crippen LogP contribution in [0.4, 0.5) is 5.82 Å². The van der Waals surface area contributed by atoms with Crippen molar-refractivity contribution in [2.75, 3.05) is 11.9 Å². The van der Waals surface area contributed by atoms with Crippen molar-refractivity contribution < 1.29 is 9.90 Å². The lowest BCUT2D eigenvalue weighted by Crippen LogP contribution is -2.18. The number of rotatable bonds is 5. The molecular weight excluding hydrogens is 302 g/mol. The van der Waals surface area contributed by atoms with E-state index < -0.39 is 0 Å². The molecule has 0 saturated heterocycles. The van der Waals surface area contributed by atoms with Gasteiger partial charge in [-0.15, -0.1) is 0 Å². The van der Waals surface area contributed by atoms with Crippen LogP contribution in [0.15, 0.2) is 30.3 Å². The van der Waals surface area contributed by atoms with E-state index in [1.165, 1.54) is 0 Å². The Kier molecular flexibility index (Phi) is 4.18. The predicted octanol–water partition coefficient (Wildman–Crippen LogP) is 2.79. The van der Waals surface area contributed by atoms with Gasteiger partial charge < -0.3 is 10.4 Å². The smallest absolute Gasteiger partial charge is 0.228 e. The molecule has 3 rings (SSSR count). The molecule has 0 radical (unpaired) electrons. The highest BCUT2D eigenvalue weighted by molar-refractivity contribution is 6.30. The molecule has 1 aromatic heterocycles. The number of aliphatic hydroxyl groups excluding tert-OH is 1. The van der Waals surface area contributed by atoms with Gasteiger partial charge in [-0.25, -0.2) is 4.68 Å². The number of carbonyl (C=O) groups excluding carboxylic acids is 1. The summed E-state index contributed by atoms with van der Waals surface area (Å²) >= 11 is 5.89. The summed E-state index contributed by atoms with van der Waals surface area (Å²) in [6.07, 6.45) is 0.935. The van der Waals surface area contributed by atoms with E-state index in [-0.39, 0.29) is 18.4 Å². The van der Waals surface area contributed by atoms with Crippen LogP contribution < -0.4 is 5.32 Å². The molecule has 1 saturated carbocycles. The van der Waals surface area contributed by atoms with Gasteiger partial charge in [0.05, 0.1) is 18.8 Å². The van der Waals surface area contributed by atoms with E-state index in [0.29, 0.717) is 23.3 Å². The molecule has 1 aliphatic rings. The van der Waals surface area contributed by atoms with E-state index in [1.54, 1.807) is 16.8 Å². The zero-order valence-electron chi connectivity index (χ0n) is 12.3. The third-order valence-corrected chi connectivity index (χ3v) is 4.18. The zero-order valence-corrected chi connectivity index (χ0v) is 13.0. The summed E-state index contributed by atoms with van der Waals surface area (Å²) in [5, 5.41) is 17.2. The van der Waals surface area contributed by atoms with Crippen molar-refractivity contribution in [3.63, 3.8) is 0 Å². The Morgan fingerprint density at radius 3 is 2.73 bits per heavy atom. The highest BCUT2D eigenvalue weighted by Crippen LogP contribution is 2.38. The van der Waals surface area contributed by atoms with Gasteiger partial charge in [0.15, 0.2) is 0 Å². The van der Waals surface area contributed by atoms with Crippen LogP contribution in [0.3, 0.4) is 0 Å². The summed E-state index contributed by atoms with van der Waals surface area (Å²) in [5.41, 5.74) is 1.65. The van der Waals surface area contributed by atoms with E-state index in [0.717, 1.165) is 17.7 Å². The Morgan fingerprint density at radius 1 is 1.45 bits per heavy atom. The van der Waals surface area contributed by atoms with Crippen LogP contribution in [-0.2, 0) is 11.3 Å². The zero-order chi connectivity index (χ0) is 15.7.